The number of hydrogen-bond donors (Lipinski definition) is 1. The van der Waals surface area contributed by atoms with Crippen LogP contribution in [0, 0.1) is 11.8 Å². The molecule has 3 unspecified atom stereocenters. The summed E-state index contributed by atoms with van der Waals surface area (Å²) < 4.78 is 5.80. The third kappa shape index (κ3) is 2.62. The van der Waals surface area contributed by atoms with Crippen LogP contribution in [0.3, 0.4) is 0 Å². The Hall–Kier alpha value is -1.32. The molecule has 0 bridgehead atoms. The minimum Gasteiger partial charge on any atom is -0.473 e. The molecular formula is C12H19N3O. The summed E-state index contributed by atoms with van der Waals surface area (Å²) >= 11 is 0. The van der Waals surface area contributed by atoms with Crippen molar-refractivity contribution in [1.82, 2.24) is 9.97 Å². The molecule has 0 spiro atoms. The van der Waals surface area contributed by atoms with E-state index in [1.54, 1.807) is 6.20 Å². The fourth-order valence-electron chi connectivity index (χ4n) is 2.20. The summed E-state index contributed by atoms with van der Waals surface area (Å²) in [6, 6.07) is 0. The van der Waals surface area contributed by atoms with Crippen LogP contribution in [0.5, 0.6) is 5.88 Å². The van der Waals surface area contributed by atoms with Crippen LogP contribution in [-0.2, 0) is 0 Å². The molecule has 4 heteroatoms. The molecule has 1 aliphatic rings. The van der Waals surface area contributed by atoms with E-state index in [0.29, 0.717) is 17.6 Å². The molecule has 1 saturated carbocycles. The SMILES string of the molecule is CC1CCC(Oc2cncc(N)n2)CC1C. The van der Waals surface area contributed by atoms with Crippen molar-refractivity contribution in [2.45, 2.75) is 39.2 Å². The second-order valence-electron chi connectivity index (χ2n) is 4.79. The molecule has 1 aromatic rings. The zero-order valence-electron chi connectivity index (χ0n) is 9.89. The third-order valence-electron chi connectivity index (χ3n) is 3.47. The van der Waals surface area contributed by atoms with Gasteiger partial charge in [0.1, 0.15) is 11.9 Å². The molecule has 1 aliphatic carbocycles. The molecule has 0 aromatic carbocycles. The Bertz CT molecular complexity index is 356. The summed E-state index contributed by atoms with van der Waals surface area (Å²) in [7, 11) is 0. The highest BCUT2D eigenvalue weighted by Crippen LogP contribution is 2.31. The first-order valence-corrected chi connectivity index (χ1v) is 5.89. The Labute approximate surface area is 96.2 Å². The maximum Gasteiger partial charge on any atom is 0.234 e. The first-order valence-electron chi connectivity index (χ1n) is 5.89. The predicted molar refractivity (Wildman–Crippen MR) is 63.0 cm³/mol. The highest BCUT2D eigenvalue weighted by molar-refractivity contribution is 5.26. The van der Waals surface area contributed by atoms with Crippen molar-refractivity contribution < 1.29 is 4.74 Å². The predicted octanol–water partition coefficient (Wildman–Crippen LogP) is 2.26. The van der Waals surface area contributed by atoms with Gasteiger partial charge in [0, 0.05) is 0 Å². The summed E-state index contributed by atoms with van der Waals surface area (Å²) in [4.78, 5) is 8.08. The van der Waals surface area contributed by atoms with Crippen LogP contribution in [0.1, 0.15) is 33.1 Å². The first-order chi connectivity index (χ1) is 7.65. The van der Waals surface area contributed by atoms with Gasteiger partial charge in [-0.2, -0.15) is 4.98 Å². The minimum atomic E-state index is 0.266. The Balaban J connectivity index is 1.95. The largest absolute Gasteiger partial charge is 0.473 e. The summed E-state index contributed by atoms with van der Waals surface area (Å²) in [5.74, 6) is 2.47. The topological polar surface area (TPSA) is 61.0 Å². The zero-order chi connectivity index (χ0) is 11.5. The highest BCUT2D eigenvalue weighted by atomic mass is 16.5. The van der Waals surface area contributed by atoms with E-state index in [1.807, 2.05) is 0 Å². The number of nitrogens with zero attached hydrogens (tertiary/aromatic N) is 2. The third-order valence-corrected chi connectivity index (χ3v) is 3.47. The quantitative estimate of drug-likeness (QED) is 0.832. The van der Waals surface area contributed by atoms with Crippen LogP contribution in [0.2, 0.25) is 0 Å². The van der Waals surface area contributed by atoms with Gasteiger partial charge >= 0.3 is 0 Å². The molecule has 2 rings (SSSR count). The van der Waals surface area contributed by atoms with Gasteiger partial charge in [-0.25, -0.2) is 0 Å². The van der Waals surface area contributed by atoms with E-state index < -0.39 is 0 Å². The van der Waals surface area contributed by atoms with Crippen LogP contribution >= 0.6 is 0 Å². The Morgan fingerprint density at radius 3 is 2.75 bits per heavy atom. The van der Waals surface area contributed by atoms with Gasteiger partial charge in [0.15, 0.2) is 0 Å². The standard InChI is InChI=1S/C12H19N3O/c1-8-3-4-10(5-9(8)2)16-12-7-14-6-11(13)15-12/h6-10H,3-5H2,1-2H3,(H2,13,15). The lowest BCUT2D eigenvalue weighted by Gasteiger charge is -2.31. The van der Waals surface area contributed by atoms with Gasteiger partial charge in [0.05, 0.1) is 12.4 Å². The average Bonchev–Trinajstić information content (AvgIpc) is 2.24. The smallest absolute Gasteiger partial charge is 0.234 e. The first kappa shape index (κ1) is 11.2. The van der Waals surface area contributed by atoms with Gasteiger partial charge in [0.2, 0.25) is 5.88 Å². The molecule has 1 heterocycles. The summed E-state index contributed by atoms with van der Waals surface area (Å²) in [6.45, 7) is 4.59. The van der Waals surface area contributed by atoms with E-state index >= 15 is 0 Å². The van der Waals surface area contributed by atoms with Gasteiger partial charge in [0.25, 0.3) is 0 Å². The number of nitrogen functional groups attached to an aromatic ring is 1. The monoisotopic (exact) mass is 221 g/mol. The lowest BCUT2D eigenvalue weighted by Crippen LogP contribution is -2.29. The summed E-state index contributed by atoms with van der Waals surface area (Å²) in [5, 5.41) is 0. The van der Waals surface area contributed by atoms with Crippen molar-refractivity contribution in [3.63, 3.8) is 0 Å². The molecule has 3 atom stereocenters. The maximum absolute atomic E-state index is 5.80. The number of aromatic nitrogens is 2. The average molecular weight is 221 g/mol. The van der Waals surface area contributed by atoms with Crippen LogP contribution in [-0.4, -0.2) is 16.1 Å². The van der Waals surface area contributed by atoms with E-state index in [9.17, 15) is 0 Å². The van der Waals surface area contributed by atoms with E-state index in [-0.39, 0.29) is 6.10 Å². The fraction of sp³-hybridized carbons (Fsp3) is 0.667. The number of anilines is 1. The number of ether oxygens (including phenoxy) is 1. The van der Waals surface area contributed by atoms with Crippen molar-refractivity contribution in [3.05, 3.63) is 12.4 Å². The van der Waals surface area contributed by atoms with Gasteiger partial charge in [-0.1, -0.05) is 13.8 Å². The van der Waals surface area contributed by atoms with E-state index in [0.717, 1.165) is 18.8 Å². The summed E-state index contributed by atoms with van der Waals surface area (Å²) in [6.07, 6.45) is 6.83. The molecule has 0 amide bonds. The molecule has 1 fully saturated rings. The molecule has 0 radical (unpaired) electrons. The van der Waals surface area contributed by atoms with Crippen LogP contribution in [0.15, 0.2) is 12.4 Å². The van der Waals surface area contributed by atoms with Gasteiger partial charge in [-0.05, 0) is 31.1 Å². The normalized spacial score (nSPS) is 30.0. The number of rotatable bonds is 2. The molecule has 4 nitrogen and oxygen atoms in total. The van der Waals surface area contributed by atoms with Gasteiger partial charge in [-0.3, -0.25) is 4.98 Å². The van der Waals surface area contributed by atoms with Crippen molar-refractivity contribution in [2.24, 2.45) is 11.8 Å². The zero-order valence-corrected chi connectivity index (χ0v) is 9.89. The van der Waals surface area contributed by atoms with Crippen molar-refractivity contribution in [1.29, 1.82) is 0 Å². The number of hydrogen-bond acceptors (Lipinski definition) is 4. The molecule has 2 N–H and O–H groups in total. The van der Waals surface area contributed by atoms with Crippen molar-refractivity contribution >= 4 is 5.82 Å². The van der Waals surface area contributed by atoms with Crippen molar-refractivity contribution in [3.8, 4) is 5.88 Å². The fourth-order valence-corrected chi connectivity index (χ4v) is 2.20. The van der Waals surface area contributed by atoms with Crippen LogP contribution in [0.4, 0.5) is 5.82 Å². The highest BCUT2D eigenvalue weighted by Gasteiger charge is 2.25. The van der Waals surface area contributed by atoms with Crippen LogP contribution < -0.4 is 10.5 Å². The molecule has 88 valence electrons. The lowest BCUT2D eigenvalue weighted by molar-refractivity contribution is 0.0962. The lowest BCUT2D eigenvalue weighted by atomic mass is 9.80. The summed E-state index contributed by atoms with van der Waals surface area (Å²) in [5.41, 5.74) is 5.56. The minimum absolute atomic E-state index is 0.266. The van der Waals surface area contributed by atoms with E-state index in [1.165, 1.54) is 12.6 Å². The Kier molecular flexibility index (Phi) is 3.27. The second kappa shape index (κ2) is 4.68. The van der Waals surface area contributed by atoms with Gasteiger partial charge in [-0.15, -0.1) is 0 Å². The second-order valence-corrected chi connectivity index (χ2v) is 4.79. The Morgan fingerprint density at radius 1 is 1.25 bits per heavy atom. The number of nitrogens with two attached hydrogens (primary N) is 1. The molecule has 16 heavy (non-hydrogen) atoms. The van der Waals surface area contributed by atoms with Gasteiger partial charge < -0.3 is 10.5 Å². The van der Waals surface area contributed by atoms with Crippen molar-refractivity contribution in [2.75, 3.05) is 5.73 Å². The molecular weight excluding hydrogens is 202 g/mol. The van der Waals surface area contributed by atoms with E-state index in [4.69, 9.17) is 10.5 Å². The van der Waals surface area contributed by atoms with E-state index in [2.05, 4.69) is 23.8 Å². The Morgan fingerprint density at radius 2 is 2.06 bits per heavy atom. The van der Waals surface area contributed by atoms with Crippen LogP contribution in [0.25, 0.3) is 0 Å². The molecule has 1 aromatic heterocycles. The maximum atomic E-state index is 5.80. The molecule has 0 aliphatic heterocycles. The molecule has 0 saturated heterocycles.